The normalized spacial score (nSPS) is 15.2. The summed E-state index contributed by atoms with van der Waals surface area (Å²) < 4.78 is 85.2. The second kappa shape index (κ2) is 11.5. The van der Waals surface area contributed by atoms with Crippen LogP contribution in [0.3, 0.4) is 0 Å². The smallest absolute Gasteiger partial charge is 0.354 e. The molecule has 0 saturated carbocycles. The van der Waals surface area contributed by atoms with Crippen molar-refractivity contribution in [1.29, 1.82) is 0 Å². The molecule has 0 atom stereocenters. The van der Waals surface area contributed by atoms with E-state index in [0.29, 0.717) is 30.0 Å². The monoisotopic (exact) mass is 606 g/mol. The van der Waals surface area contributed by atoms with Crippen LogP contribution in [0.2, 0.25) is 0 Å². The molecule has 1 aliphatic heterocycles. The van der Waals surface area contributed by atoms with Gasteiger partial charge in [-0.3, -0.25) is 9.69 Å². The Morgan fingerprint density at radius 3 is 2.21 bits per heavy atom. The van der Waals surface area contributed by atoms with E-state index in [1.807, 2.05) is 4.90 Å². The maximum absolute atomic E-state index is 13.4. The van der Waals surface area contributed by atoms with Crippen molar-refractivity contribution < 1.29 is 30.9 Å². The van der Waals surface area contributed by atoms with E-state index in [9.17, 15) is 31.1 Å². The number of hydrogen-bond donors (Lipinski definition) is 0. The number of anilines is 1. The van der Waals surface area contributed by atoms with Crippen molar-refractivity contribution in [2.45, 2.75) is 38.2 Å². The topological polar surface area (TPSA) is 80.3 Å². The molecule has 0 bridgehead atoms. The van der Waals surface area contributed by atoms with Crippen LogP contribution in [0.5, 0.6) is 0 Å². The molecule has 1 aliphatic rings. The largest absolute Gasteiger partial charge is 0.401 e. The second-order valence-electron chi connectivity index (χ2n) is 10.9. The minimum Gasteiger partial charge on any atom is -0.354 e. The van der Waals surface area contributed by atoms with Gasteiger partial charge in [-0.1, -0.05) is 29.4 Å². The van der Waals surface area contributed by atoms with E-state index in [4.69, 9.17) is 4.52 Å². The average molecular weight is 607 g/mol. The van der Waals surface area contributed by atoms with Gasteiger partial charge in [-0.15, -0.1) is 0 Å². The third-order valence-electron chi connectivity index (χ3n) is 7.49. The number of pyridine rings is 2. The van der Waals surface area contributed by atoms with Gasteiger partial charge in [0.05, 0.1) is 24.1 Å². The molecule has 0 radical (unpaired) electrons. The molecule has 4 heterocycles. The van der Waals surface area contributed by atoms with Crippen LogP contribution in [0.15, 0.2) is 70.2 Å². The predicted molar refractivity (Wildman–Crippen MR) is 147 cm³/mol. The van der Waals surface area contributed by atoms with Gasteiger partial charge in [0, 0.05) is 50.2 Å². The van der Waals surface area contributed by atoms with Crippen molar-refractivity contribution in [3.63, 3.8) is 0 Å². The van der Waals surface area contributed by atoms with Gasteiger partial charge in [0.1, 0.15) is 5.82 Å². The summed E-state index contributed by atoms with van der Waals surface area (Å²) >= 11 is 0. The molecular weight excluding hydrogens is 578 g/mol. The molecule has 5 rings (SSSR count). The standard InChI is InChI=1S/C29H28F6N6O2/c1-27(2,29(33,34)35)22-6-3-20(4-7-22)25-37-26(43-38-25)21-5-8-24(42)41(17-21)16-19-9-10-36-23(15-19)40-13-11-39(12-14-40)18-28(30,31)32/h3-10,15,17H,11-14,16,18H2,1-2H3. The van der Waals surface area contributed by atoms with Crippen LogP contribution in [0.1, 0.15) is 25.0 Å². The molecule has 8 nitrogen and oxygen atoms in total. The van der Waals surface area contributed by atoms with Gasteiger partial charge in [-0.25, -0.2) is 4.98 Å². The first-order valence-electron chi connectivity index (χ1n) is 13.4. The number of benzene rings is 1. The van der Waals surface area contributed by atoms with Crippen molar-refractivity contribution in [2.24, 2.45) is 0 Å². The number of halogens is 6. The Kier molecular flexibility index (Phi) is 8.07. The molecule has 0 N–H and O–H groups in total. The lowest BCUT2D eigenvalue weighted by Crippen LogP contribution is -2.49. The summed E-state index contributed by atoms with van der Waals surface area (Å²) in [6, 6.07) is 12.2. The predicted octanol–water partition coefficient (Wildman–Crippen LogP) is 5.53. The fourth-order valence-corrected chi connectivity index (χ4v) is 4.76. The Morgan fingerprint density at radius 2 is 1.56 bits per heavy atom. The summed E-state index contributed by atoms with van der Waals surface area (Å²) in [5, 5.41) is 3.95. The quantitative estimate of drug-likeness (QED) is 0.256. The summed E-state index contributed by atoms with van der Waals surface area (Å²) in [5.74, 6) is 0.911. The first-order chi connectivity index (χ1) is 20.2. The molecule has 228 valence electrons. The first-order valence-corrected chi connectivity index (χ1v) is 13.4. The number of aromatic nitrogens is 4. The highest BCUT2D eigenvalue weighted by Gasteiger charge is 2.48. The lowest BCUT2D eigenvalue weighted by Gasteiger charge is -2.35. The van der Waals surface area contributed by atoms with Crippen LogP contribution in [-0.4, -0.2) is 69.7 Å². The van der Waals surface area contributed by atoms with Gasteiger partial charge in [0.25, 0.3) is 11.4 Å². The van der Waals surface area contributed by atoms with E-state index < -0.39 is 24.3 Å². The third kappa shape index (κ3) is 6.90. The highest BCUT2D eigenvalue weighted by Crippen LogP contribution is 2.40. The molecule has 1 fully saturated rings. The number of alkyl halides is 6. The SMILES string of the molecule is CC(C)(c1ccc(-c2noc(-c3ccc(=O)n(Cc4ccnc(N5CCN(CC(F)(F)F)CC5)c4)c3)n2)cc1)C(F)(F)F. The average Bonchev–Trinajstić information content (AvgIpc) is 3.44. The van der Waals surface area contributed by atoms with Gasteiger partial charge in [-0.2, -0.15) is 31.3 Å². The van der Waals surface area contributed by atoms with Gasteiger partial charge in [-0.05, 0) is 43.2 Å². The Morgan fingerprint density at radius 1 is 0.884 bits per heavy atom. The van der Waals surface area contributed by atoms with Crippen molar-refractivity contribution in [1.82, 2.24) is 24.6 Å². The Bertz CT molecular complexity index is 1620. The summed E-state index contributed by atoms with van der Waals surface area (Å²) in [5.41, 5.74) is -0.525. The molecular formula is C29H28F6N6O2. The molecule has 0 aliphatic carbocycles. The lowest BCUT2D eigenvalue weighted by atomic mass is 9.83. The van der Waals surface area contributed by atoms with Crippen LogP contribution in [0, 0.1) is 0 Å². The molecule has 1 aromatic carbocycles. The molecule has 3 aromatic heterocycles. The first kappa shape index (κ1) is 30.3. The number of hydrogen-bond acceptors (Lipinski definition) is 7. The maximum atomic E-state index is 13.4. The summed E-state index contributed by atoms with van der Waals surface area (Å²) in [7, 11) is 0. The van der Waals surface area contributed by atoms with Crippen LogP contribution in [0.25, 0.3) is 22.8 Å². The molecule has 0 spiro atoms. The van der Waals surface area contributed by atoms with Crippen molar-refractivity contribution >= 4 is 5.82 Å². The molecule has 1 saturated heterocycles. The van der Waals surface area contributed by atoms with Crippen LogP contribution < -0.4 is 10.5 Å². The number of nitrogens with zero attached hydrogens (tertiary/aromatic N) is 6. The van der Waals surface area contributed by atoms with Crippen LogP contribution in [0.4, 0.5) is 32.2 Å². The minimum absolute atomic E-state index is 0.0996. The van der Waals surface area contributed by atoms with Crippen LogP contribution in [-0.2, 0) is 12.0 Å². The molecule has 4 aromatic rings. The molecule has 14 heteroatoms. The summed E-state index contributed by atoms with van der Waals surface area (Å²) in [6.07, 6.45) is -5.50. The van der Waals surface area contributed by atoms with E-state index in [-0.39, 0.29) is 42.5 Å². The van der Waals surface area contributed by atoms with Crippen molar-refractivity contribution in [3.8, 4) is 22.8 Å². The molecule has 0 unspecified atom stereocenters. The van der Waals surface area contributed by atoms with E-state index in [0.717, 1.165) is 19.4 Å². The zero-order valence-corrected chi connectivity index (χ0v) is 23.3. The fourth-order valence-electron chi connectivity index (χ4n) is 4.76. The Balaban J connectivity index is 1.29. The fraction of sp³-hybridized carbons (Fsp3) is 0.379. The minimum atomic E-state index is -4.41. The van der Waals surface area contributed by atoms with Crippen LogP contribution >= 0.6 is 0 Å². The zero-order valence-electron chi connectivity index (χ0n) is 23.3. The van der Waals surface area contributed by atoms with E-state index in [1.54, 1.807) is 24.5 Å². The van der Waals surface area contributed by atoms with Gasteiger partial charge in [0.15, 0.2) is 0 Å². The second-order valence-corrected chi connectivity index (χ2v) is 10.9. The highest BCUT2D eigenvalue weighted by molar-refractivity contribution is 5.59. The highest BCUT2D eigenvalue weighted by atomic mass is 19.4. The maximum Gasteiger partial charge on any atom is 0.401 e. The Hall–Kier alpha value is -4.20. The third-order valence-corrected chi connectivity index (χ3v) is 7.49. The van der Waals surface area contributed by atoms with Gasteiger partial charge >= 0.3 is 12.4 Å². The number of piperazine rings is 1. The summed E-state index contributed by atoms with van der Waals surface area (Å²) in [6.45, 7) is 2.77. The lowest BCUT2D eigenvalue weighted by molar-refractivity contribution is -0.180. The Labute approximate surface area is 242 Å². The van der Waals surface area contributed by atoms with E-state index >= 15 is 0 Å². The molecule has 0 amide bonds. The molecule has 43 heavy (non-hydrogen) atoms. The zero-order chi connectivity index (χ0) is 31.0. The van der Waals surface area contributed by atoms with Crippen molar-refractivity contribution in [2.75, 3.05) is 37.6 Å². The van der Waals surface area contributed by atoms with E-state index in [2.05, 4.69) is 15.1 Å². The number of rotatable bonds is 7. The van der Waals surface area contributed by atoms with Gasteiger partial charge < -0.3 is 14.0 Å². The van der Waals surface area contributed by atoms with Gasteiger partial charge in [0.2, 0.25) is 5.82 Å². The summed E-state index contributed by atoms with van der Waals surface area (Å²) in [4.78, 5) is 24.6. The van der Waals surface area contributed by atoms with E-state index in [1.165, 1.54) is 45.9 Å². The van der Waals surface area contributed by atoms with Crippen molar-refractivity contribution in [3.05, 3.63) is 82.4 Å².